The molecule has 9 nitrogen and oxygen atoms in total. The average Bonchev–Trinajstić information content (AvgIpc) is 3.37. The molecule has 5 rings (SSSR count). The highest BCUT2D eigenvalue weighted by Gasteiger charge is 2.21. The number of rotatable bonds is 3. The molecule has 0 bridgehead atoms. The van der Waals surface area contributed by atoms with E-state index in [1.165, 1.54) is 0 Å². The van der Waals surface area contributed by atoms with Gasteiger partial charge in [0.05, 0.1) is 23.1 Å². The topological polar surface area (TPSA) is 113 Å². The molecule has 28 heavy (non-hydrogen) atoms. The summed E-state index contributed by atoms with van der Waals surface area (Å²) in [6.45, 7) is 6.53. The Morgan fingerprint density at radius 1 is 1.14 bits per heavy atom. The molecule has 0 saturated carbocycles. The van der Waals surface area contributed by atoms with E-state index < -0.39 is 0 Å². The summed E-state index contributed by atoms with van der Waals surface area (Å²) in [7, 11) is 0. The summed E-state index contributed by atoms with van der Waals surface area (Å²) in [5.41, 5.74) is 11.0. The van der Waals surface area contributed by atoms with Crippen LogP contribution in [0.1, 0.15) is 18.4 Å². The highest BCUT2D eigenvalue weighted by Crippen LogP contribution is 2.30. The molecule has 4 aromatic heterocycles. The number of hydrogen-bond acceptors (Lipinski definition) is 7. The summed E-state index contributed by atoms with van der Waals surface area (Å²) in [5, 5.41) is 13.8. The molecule has 4 heterocycles. The number of anilines is 1. The third-order valence-electron chi connectivity index (χ3n) is 4.77. The van der Waals surface area contributed by atoms with E-state index in [1.54, 1.807) is 11.4 Å². The van der Waals surface area contributed by atoms with Crippen LogP contribution in [-0.4, -0.2) is 34.5 Å². The maximum absolute atomic E-state index is 6.28. The van der Waals surface area contributed by atoms with E-state index in [9.17, 15) is 0 Å². The zero-order valence-corrected chi connectivity index (χ0v) is 15.7. The van der Waals surface area contributed by atoms with Crippen molar-refractivity contribution in [2.45, 2.75) is 27.3 Å². The SMILES string of the molecule is CCn1ncc2cc(-c3cc(N)n4nc(C)c(-c5nc(C)no5)c4n3)ccc21. The first-order chi connectivity index (χ1) is 13.5. The maximum atomic E-state index is 6.28. The highest BCUT2D eigenvalue weighted by atomic mass is 16.5. The normalized spacial score (nSPS) is 11.7. The Kier molecular flexibility index (Phi) is 3.45. The molecular formula is C19H18N8O. The predicted molar refractivity (Wildman–Crippen MR) is 105 cm³/mol. The first-order valence-corrected chi connectivity index (χ1v) is 8.97. The molecule has 0 fully saturated rings. The Hall–Kier alpha value is -3.75. The Morgan fingerprint density at radius 3 is 2.75 bits per heavy atom. The van der Waals surface area contributed by atoms with Crippen molar-refractivity contribution in [1.82, 2.24) is 34.5 Å². The summed E-state index contributed by atoms with van der Waals surface area (Å²) in [4.78, 5) is 9.14. The number of aryl methyl sites for hydroxylation is 3. The molecule has 140 valence electrons. The first kappa shape index (κ1) is 16.4. The highest BCUT2D eigenvalue weighted by molar-refractivity contribution is 5.85. The van der Waals surface area contributed by atoms with Crippen LogP contribution >= 0.6 is 0 Å². The molecule has 0 aliphatic rings. The van der Waals surface area contributed by atoms with Gasteiger partial charge in [-0.05, 0) is 32.9 Å². The van der Waals surface area contributed by atoms with Gasteiger partial charge in [-0.25, -0.2) is 4.98 Å². The first-order valence-electron chi connectivity index (χ1n) is 8.97. The zero-order chi connectivity index (χ0) is 19.4. The fourth-order valence-electron chi connectivity index (χ4n) is 3.44. The van der Waals surface area contributed by atoms with Crippen molar-refractivity contribution < 1.29 is 4.52 Å². The average molecular weight is 374 g/mol. The molecule has 9 heteroatoms. The van der Waals surface area contributed by atoms with E-state index in [-0.39, 0.29) is 0 Å². The van der Waals surface area contributed by atoms with E-state index in [4.69, 9.17) is 15.2 Å². The van der Waals surface area contributed by atoms with Crippen LogP contribution < -0.4 is 5.73 Å². The van der Waals surface area contributed by atoms with Crippen molar-refractivity contribution >= 4 is 22.4 Å². The quantitative estimate of drug-likeness (QED) is 0.516. The number of fused-ring (bicyclic) bond motifs is 2. The van der Waals surface area contributed by atoms with Gasteiger partial charge in [-0.3, -0.25) is 4.68 Å². The summed E-state index contributed by atoms with van der Waals surface area (Å²) in [6.07, 6.45) is 1.86. The van der Waals surface area contributed by atoms with Crippen molar-refractivity contribution in [3.63, 3.8) is 0 Å². The molecule has 2 N–H and O–H groups in total. The lowest BCUT2D eigenvalue weighted by molar-refractivity contribution is 0.425. The van der Waals surface area contributed by atoms with Crippen molar-refractivity contribution in [1.29, 1.82) is 0 Å². The molecule has 0 aliphatic carbocycles. The van der Waals surface area contributed by atoms with Crippen molar-refractivity contribution in [3.05, 3.63) is 42.0 Å². The van der Waals surface area contributed by atoms with Gasteiger partial charge in [-0.1, -0.05) is 11.2 Å². The van der Waals surface area contributed by atoms with Crippen LogP contribution in [0.5, 0.6) is 0 Å². The molecule has 0 amide bonds. The van der Waals surface area contributed by atoms with Gasteiger partial charge in [0.2, 0.25) is 0 Å². The van der Waals surface area contributed by atoms with Gasteiger partial charge >= 0.3 is 0 Å². The third kappa shape index (κ3) is 2.36. The van der Waals surface area contributed by atoms with Crippen LogP contribution in [0.2, 0.25) is 0 Å². The van der Waals surface area contributed by atoms with E-state index >= 15 is 0 Å². The largest absolute Gasteiger partial charge is 0.384 e. The molecule has 0 unspecified atom stereocenters. The van der Waals surface area contributed by atoms with Gasteiger partial charge in [-0.15, -0.1) is 0 Å². The third-order valence-corrected chi connectivity index (χ3v) is 4.77. The molecule has 0 atom stereocenters. The maximum Gasteiger partial charge on any atom is 0.263 e. The van der Waals surface area contributed by atoms with E-state index in [0.717, 1.165) is 34.4 Å². The minimum atomic E-state index is 0.383. The second kappa shape index (κ2) is 5.88. The molecule has 0 saturated heterocycles. The van der Waals surface area contributed by atoms with Gasteiger partial charge in [0.25, 0.3) is 5.89 Å². The van der Waals surface area contributed by atoms with Crippen molar-refractivity contribution in [3.8, 4) is 22.7 Å². The van der Waals surface area contributed by atoms with Gasteiger partial charge in [0.15, 0.2) is 11.5 Å². The molecule has 0 radical (unpaired) electrons. The number of nitrogen functional groups attached to an aromatic ring is 1. The Bertz CT molecular complexity index is 1340. The van der Waals surface area contributed by atoms with Crippen LogP contribution in [0.25, 0.3) is 39.3 Å². The minimum Gasteiger partial charge on any atom is -0.384 e. The Balaban J connectivity index is 1.72. The predicted octanol–water partition coefficient (Wildman–Crippen LogP) is 3.01. The fraction of sp³-hybridized carbons (Fsp3) is 0.211. The van der Waals surface area contributed by atoms with E-state index in [2.05, 4.69) is 33.3 Å². The van der Waals surface area contributed by atoms with Gasteiger partial charge < -0.3 is 10.3 Å². The lowest BCUT2D eigenvalue weighted by Crippen LogP contribution is -2.01. The van der Waals surface area contributed by atoms with Crippen LogP contribution in [0.15, 0.2) is 35.0 Å². The van der Waals surface area contributed by atoms with Crippen LogP contribution in [0.3, 0.4) is 0 Å². The van der Waals surface area contributed by atoms with Crippen molar-refractivity contribution in [2.24, 2.45) is 0 Å². The molecule has 5 aromatic rings. The zero-order valence-electron chi connectivity index (χ0n) is 15.7. The van der Waals surface area contributed by atoms with Gasteiger partial charge in [0, 0.05) is 23.6 Å². The van der Waals surface area contributed by atoms with Crippen molar-refractivity contribution in [2.75, 3.05) is 5.73 Å². The smallest absolute Gasteiger partial charge is 0.263 e. The van der Waals surface area contributed by atoms with Crippen LogP contribution in [0.4, 0.5) is 5.82 Å². The summed E-state index contributed by atoms with van der Waals surface area (Å²) < 4.78 is 8.91. The number of aromatic nitrogens is 7. The lowest BCUT2D eigenvalue weighted by Gasteiger charge is -2.06. The number of nitrogens with zero attached hydrogens (tertiary/aromatic N) is 7. The second-order valence-corrected chi connectivity index (χ2v) is 6.64. The summed E-state index contributed by atoms with van der Waals surface area (Å²) in [5.74, 6) is 1.42. The van der Waals surface area contributed by atoms with Gasteiger partial charge in [0.1, 0.15) is 11.4 Å². The van der Waals surface area contributed by atoms with E-state index in [1.807, 2.05) is 36.0 Å². The summed E-state index contributed by atoms with van der Waals surface area (Å²) in [6, 6.07) is 7.95. The molecule has 0 aliphatic heterocycles. The Morgan fingerprint density at radius 2 is 2.00 bits per heavy atom. The van der Waals surface area contributed by atoms with Crippen LogP contribution in [0, 0.1) is 13.8 Å². The second-order valence-electron chi connectivity index (χ2n) is 6.64. The lowest BCUT2D eigenvalue weighted by atomic mass is 10.1. The number of hydrogen-bond donors (Lipinski definition) is 1. The van der Waals surface area contributed by atoms with Gasteiger partial charge in [-0.2, -0.15) is 19.7 Å². The Labute approximate surface area is 159 Å². The standard InChI is InChI=1S/C19H18N8O/c1-4-26-15-6-5-12(7-13(15)9-21-26)14-8-16(20)27-18(23-14)17(10(2)24-27)19-22-11(3)25-28-19/h5-9H,4,20H2,1-3H3. The minimum absolute atomic E-state index is 0.383. The monoisotopic (exact) mass is 374 g/mol. The van der Waals surface area contributed by atoms with Crippen LogP contribution in [-0.2, 0) is 6.54 Å². The molecular weight excluding hydrogens is 356 g/mol. The number of benzene rings is 1. The van der Waals surface area contributed by atoms with E-state index in [0.29, 0.717) is 28.7 Å². The number of nitrogens with two attached hydrogens (primary N) is 1. The molecule has 1 aromatic carbocycles. The molecule has 0 spiro atoms. The fourth-order valence-corrected chi connectivity index (χ4v) is 3.44. The summed E-state index contributed by atoms with van der Waals surface area (Å²) >= 11 is 0.